The van der Waals surface area contributed by atoms with Crippen molar-refractivity contribution in [3.63, 3.8) is 0 Å². The average Bonchev–Trinajstić information content (AvgIpc) is 2.86. The van der Waals surface area contributed by atoms with Crippen LogP contribution >= 0.6 is 11.6 Å². The largest absolute Gasteiger partial charge is 0.354 e. The first-order valence-corrected chi connectivity index (χ1v) is 8.06. The van der Waals surface area contributed by atoms with E-state index >= 15 is 0 Å². The lowest BCUT2D eigenvalue weighted by Gasteiger charge is -2.06. The standard InChI is InChI=1S/C9H12ClN7O2S/c1-20(18,19)4-2-3-12-8-14-7(10)15-9(16-8)17-6-11-5-13-17/h5-6H,2-4H2,1H3,(H,12,14,15,16). The van der Waals surface area contributed by atoms with E-state index < -0.39 is 9.84 Å². The quantitative estimate of drug-likeness (QED) is 0.737. The molecular formula is C9H12ClN7O2S. The van der Waals surface area contributed by atoms with Gasteiger partial charge in [-0.25, -0.2) is 13.4 Å². The Hall–Kier alpha value is -1.81. The molecule has 9 nitrogen and oxygen atoms in total. The third-order valence-corrected chi connectivity index (χ3v) is 3.39. The van der Waals surface area contributed by atoms with Gasteiger partial charge in [0.25, 0.3) is 5.95 Å². The van der Waals surface area contributed by atoms with Crippen LogP contribution < -0.4 is 5.32 Å². The molecule has 0 saturated carbocycles. The Balaban J connectivity index is 2.02. The van der Waals surface area contributed by atoms with Crippen molar-refractivity contribution >= 4 is 27.4 Å². The highest BCUT2D eigenvalue weighted by Gasteiger charge is 2.07. The van der Waals surface area contributed by atoms with Gasteiger partial charge in [-0.2, -0.15) is 24.7 Å². The summed E-state index contributed by atoms with van der Waals surface area (Å²) in [5, 5.41) is 6.78. The van der Waals surface area contributed by atoms with Gasteiger partial charge in [-0.3, -0.25) is 0 Å². The number of hydrogen-bond acceptors (Lipinski definition) is 8. The molecule has 0 spiro atoms. The maximum absolute atomic E-state index is 11.0. The molecule has 20 heavy (non-hydrogen) atoms. The number of sulfone groups is 1. The van der Waals surface area contributed by atoms with Gasteiger partial charge >= 0.3 is 0 Å². The molecule has 2 aromatic rings. The zero-order valence-corrected chi connectivity index (χ0v) is 12.1. The fraction of sp³-hybridized carbons (Fsp3) is 0.444. The highest BCUT2D eigenvalue weighted by molar-refractivity contribution is 7.90. The Morgan fingerprint density at radius 2 is 2.15 bits per heavy atom. The van der Waals surface area contributed by atoms with Crippen molar-refractivity contribution in [2.75, 3.05) is 23.9 Å². The van der Waals surface area contributed by atoms with Crippen LogP contribution in [0, 0.1) is 0 Å². The normalized spacial score (nSPS) is 11.5. The zero-order chi connectivity index (χ0) is 14.6. The van der Waals surface area contributed by atoms with Crippen LogP contribution in [0.5, 0.6) is 0 Å². The molecule has 0 fully saturated rings. The highest BCUT2D eigenvalue weighted by atomic mass is 35.5. The predicted molar refractivity (Wildman–Crippen MR) is 72.6 cm³/mol. The molecule has 2 aromatic heterocycles. The van der Waals surface area contributed by atoms with Crippen LogP contribution in [0.2, 0.25) is 5.28 Å². The predicted octanol–water partition coefficient (Wildman–Crippen LogP) is -0.0477. The van der Waals surface area contributed by atoms with Gasteiger partial charge in [0.05, 0.1) is 5.75 Å². The van der Waals surface area contributed by atoms with E-state index in [0.29, 0.717) is 13.0 Å². The Morgan fingerprint density at radius 1 is 1.35 bits per heavy atom. The molecule has 0 aromatic carbocycles. The highest BCUT2D eigenvalue weighted by Crippen LogP contribution is 2.08. The number of hydrogen-bond donors (Lipinski definition) is 1. The van der Waals surface area contributed by atoms with Crippen LogP contribution in [0.4, 0.5) is 5.95 Å². The number of nitrogens with zero attached hydrogens (tertiary/aromatic N) is 6. The van der Waals surface area contributed by atoms with Gasteiger partial charge in [0.15, 0.2) is 0 Å². The van der Waals surface area contributed by atoms with Gasteiger partial charge in [-0.1, -0.05) is 0 Å². The molecule has 0 bridgehead atoms. The minimum absolute atomic E-state index is 0.0103. The lowest BCUT2D eigenvalue weighted by Crippen LogP contribution is -2.13. The second-order valence-electron chi connectivity index (χ2n) is 3.98. The van der Waals surface area contributed by atoms with Crippen molar-refractivity contribution in [2.45, 2.75) is 6.42 Å². The third kappa shape index (κ3) is 4.38. The Bertz CT molecular complexity index is 674. The summed E-state index contributed by atoms with van der Waals surface area (Å²) in [5.41, 5.74) is 0. The first-order valence-electron chi connectivity index (χ1n) is 5.62. The fourth-order valence-electron chi connectivity index (χ4n) is 1.37. The molecular weight excluding hydrogens is 306 g/mol. The van der Waals surface area contributed by atoms with Gasteiger partial charge in [-0.05, 0) is 18.0 Å². The van der Waals surface area contributed by atoms with Crippen LogP contribution in [-0.2, 0) is 9.84 Å². The lowest BCUT2D eigenvalue weighted by atomic mass is 10.5. The molecule has 1 N–H and O–H groups in total. The Kier molecular flexibility index (Phi) is 4.45. The van der Waals surface area contributed by atoms with E-state index in [-0.39, 0.29) is 22.9 Å². The summed E-state index contributed by atoms with van der Waals surface area (Å²) in [6.45, 7) is 0.407. The molecule has 0 unspecified atom stereocenters. The van der Waals surface area contributed by atoms with Gasteiger partial charge in [0, 0.05) is 12.8 Å². The maximum Gasteiger partial charge on any atom is 0.258 e. The van der Waals surface area contributed by atoms with Gasteiger partial charge < -0.3 is 5.32 Å². The first kappa shape index (κ1) is 14.6. The van der Waals surface area contributed by atoms with E-state index in [1.807, 2.05) is 0 Å². The lowest BCUT2D eigenvalue weighted by molar-refractivity contribution is 0.600. The van der Waals surface area contributed by atoms with Crippen LogP contribution in [-0.4, -0.2) is 56.7 Å². The smallest absolute Gasteiger partial charge is 0.258 e. The molecule has 2 heterocycles. The molecule has 0 saturated heterocycles. The summed E-state index contributed by atoms with van der Waals surface area (Å²) >= 11 is 5.79. The van der Waals surface area contributed by atoms with E-state index in [0.717, 1.165) is 0 Å². The number of anilines is 1. The van der Waals surface area contributed by atoms with Crippen molar-refractivity contribution in [1.29, 1.82) is 0 Å². The number of aromatic nitrogens is 6. The minimum Gasteiger partial charge on any atom is -0.354 e. The van der Waals surface area contributed by atoms with Crippen LogP contribution in [0.25, 0.3) is 5.95 Å². The molecule has 0 aliphatic carbocycles. The topological polar surface area (TPSA) is 116 Å². The van der Waals surface area contributed by atoms with Gasteiger partial charge in [0.1, 0.15) is 22.5 Å². The molecule has 0 atom stereocenters. The van der Waals surface area contributed by atoms with E-state index in [2.05, 4.69) is 30.4 Å². The summed E-state index contributed by atoms with van der Waals surface area (Å²) in [5.74, 6) is 0.575. The molecule has 108 valence electrons. The van der Waals surface area contributed by atoms with Crippen molar-refractivity contribution in [3.8, 4) is 5.95 Å². The Labute approximate surface area is 120 Å². The number of rotatable bonds is 6. The molecule has 0 amide bonds. The molecule has 0 aliphatic rings. The zero-order valence-electron chi connectivity index (χ0n) is 10.6. The second kappa shape index (κ2) is 6.09. The molecule has 11 heteroatoms. The van der Waals surface area contributed by atoms with Crippen molar-refractivity contribution in [1.82, 2.24) is 29.7 Å². The van der Waals surface area contributed by atoms with Crippen LogP contribution in [0.3, 0.4) is 0 Å². The van der Waals surface area contributed by atoms with E-state index in [9.17, 15) is 8.42 Å². The molecule has 0 radical (unpaired) electrons. The molecule has 0 aliphatic heterocycles. The van der Waals surface area contributed by atoms with Crippen molar-refractivity contribution in [3.05, 3.63) is 17.9 Å². The van der Waals surface area contributed by atoms with E-state index in [4.69, 9.17) is 11.6 Å². The first-order chi connectivity index (χ1) is 9.44. The maximum atomic E-state index is 11.0. The van der Waals surface area contributed by atoms with Crippen molar-refractivity contribution in [2.24, 2.45) is 0 Å². The summed E-state index contributed by atoms with van der Waals surface area (Å²) in [6, 6.07) is 0. The fourth-order valence-corrected chi connectivity index (χ4v) is 2.19. The molecule has 2 rings (SSSR count). The number of halogens is 1. The van der Waals surface area contributed by atoms with Gasteiger partial charge in [-0.15, -0.1) is 0 Å². The summed E-state index contributed by atoms with van der Waals surface area (Å²) in [6.07, 6.45) is 4.41. The average molecular weight is 318 g/mol. The van der Waals surface area contributed by atoms with E-state index in [1.165, 1.54) is 23.6 Å². The summed E-state index contributed by atoms with van der Waals surface area (Å²) < 4.78 is 23.3. The summed E-state index contributed by atoms with van der Waals surface area (Å²) in [4.78, 5) is 15.7. The third-order valence-electron chi connectivity index (χ3n) is 2.20. The van der Waals surface area contributed by atoms with E-state index in [1.54, 1.807) is 0 Å². The second-order valence-corrected chi connectivity index (χ2v) is 6.58. The van der Waals surface area contributed by atoms with Crippen LogP contribution in [0.1, 0.15) is 6.42 Å². The van der Waals surface area contributed by atoms with Gasteiger partial charge in [0.2, 0.25) is 11.2 Å². The Morgan fingerprint density at radius 3 is 2.80 bits per heavy atom. The SMILES string of the molecule is CS(=O)(=O)CCCNc1nc(Cl)nc(-n2cncn2)n1. The summed E-state index contributed by atoms with van der Waals surface area (Å²) in [7, 11) is -2.97. The monoisotopic (exact) mass is 317 g/mol. The number of nitrogens with one attached hydrogen (secondary N) is 1. The van der Waals surface area contributed by atoms with Crippen molar-refractivity contribution < 1.29 is 8.42 Å². The van der Waals surface area contributed by atoms with Crippen LogP contribution in [0.15, 0.2) is 12.7 Å². The minimum atomic E-state index is -2.97.